The Morgan fingerprint density at radius 3 is 1.66 bits per heavy atom. The van der Waals surface area contributed by atoms with Gasteiger partial charge in [0.05, 0.1) is 51.0 Å². The van der Waals surface area contributed by atoms with E-state index in [9.17, 15) is 69.0 Å². The summed E-state index contributed by atoms with van der Waals surface area (Å²) < 4.78 is 0. The monoisotopic (exact) mass is 1400 g/mol. The van der Waals surface area contributed by atoms with Crippen LogP contribution in [0.5, 0.6) is 0 Å². The maximum Gasteiger partial charge on any atom is 0.317 e. The van der Waals surface area contributed by atoms with Crippen LogP contribution >= 0.6 is 21.6 Å². The van der Waals surface area contributed by atoms with Gasteiger partial charge in [0.2, 0.25) is 41.4 Å². The Morgan fingerprint density at radius 2 is 1.11 bits per heavy atom. The van der Waals surface area contributed by atoms with Gasteiger partial charge in [-0.2, -0.15) is 0 Å². The van der Waals surface area contributed by atoms with Gasteiger partial charge in [-0.3, -0.25) is 72.3 Å². The van der Waals surface area contributed by atoms with E-state index in [-0.39, 0.29) is 97.6 Å². The summed E-state index contributed by atoms with van der Waals surface area (Å²) in [6.07, 6.45) is -0.857. The summed E-state index contributed by atoms with van der Waals surface area (Å²) in [6, 6.07) is 14.2. The second-order valence-electron chi connectivity index (χ2n) is 24.2. The zero-order valence-electron chi connectivity index (χ0n) is 54.8. The number of benzene rings is 3. The molecular weight excluding hydrogens is 1310 g/mol. The highest BCUT2D eigenvalue weighted by atomic mass is 33.1. The summed E-state index contributed by atoms with van der Waals surface area (Å²) in [7, 11) is 1.40. The maximum atomic E-state index is 15.3. The summed E-state index contributed by atoms with van der Waals surface area (Å²) in [5, 5.41) is 81.4. The quantitative estimate of drug-likeness (QED) is 0.0211. The second-order valence-corrected chi connectivity index (χ2v) is 26.8. The predicted octanol–water partition coefficient (Wildman–Crippen LogP) is -2.82. The Kier molecular flexibility index (Phi) is 32.6. The minimum atomic E-state index is -1.80. The Morgan fingerprint density at radius 1 is 0.602 bits per heavy atom. The topological polar surface area (TPSA) is 460 Å². The molecule has 8 amide bonds. The lowest BCUT2D eigenvalue weighted by Crippen LogP contribution is -2.61. The van der Waals surface area contributed by atoms with Gasteiger partial charge >= 0.3 is 17.9 Å². The van der Waals surface area contributed by atoms with Gasteiger partial charge in [0.25, 0.3) is 5.91 Å². The number of hydrogen-bond acceptors (Lipinski definition) is 21. The van der Waals surface area contributed by atoms with Crippen LogP contribution in [-0.2, 0) is 72.0 Å². The predicted molar refractivity (Wildman–Crippen MR) is 364 cm³/mol. The molecule has 10 atom stereocenters. The van der Waals surface area contributed by atoms with Crippen molar-refractivity contribution in [3.63, 3.8) is 0 Å². The highest BCUT2D eigenvalue weighted by Crippen LogP contribution is 2.28. The van der Waals surface area contributed by atoms with Crippen molar-refractivity contribution in [2.75, 3.05) is 97.4 Å². The first-order valence-electron chi connectivity index (χ1n) is 32.4. The number of fused-ring (bicyclic) bond motifs is 1. The van der Waals surface area contributed by atoms with Crippen LogP contribution in [0.4, 0.5) is 0 Å². The molecule has 3 aromatic carbocycles. The van der Waals surface area contributed by atoms with Crippen molar-refractivity contribution in [1.29, 1.82) is 0 Å². The molecule has 0 bridgehead atoms. The van der Waals surface area contributed by atoms with Crippen LogP contribution in [0.15, 0.2) is 91.1 Å². The fourth-order valence-electron chi connectivity index (χ4n) is 11.0. The molecule has 2 aliphatic rings. The summed E-state index contributed by atoms with van der Waals surface area (Å²) in [5.41, 5.74) is 8.45. The van der Waals surface area contributed by atoms with Gasteiger partial charge in [0.15, 0.2) is 5.37 Å². The minimum absolute atomic E-state index is 0.0313. The molecule has 33 heteroatoms. The molecule has 17 N–H and O–H groups in total. The van der Waals surface area contributed by atoms with Gasteiger partial charge in [0.1, 0.15) is 36.3 Å². The van der Waals surface area contributed by atoms with Crippen molar-refractivity contribution >= 4 is 97.7 Å². The molecule has 4 aromatic rings. The van der Waals surface area contributed by atoms with Crippen LogP contribution in [-0.4, -0.2) is 278 Å². The van der Waals surface area contributed by atoms with Crippen LogP contribution in [0.2, 0.25) is 0 Å². The normalized spacial score (nSPS) is 22.0. The minimum Gasteiger partial charge on any atom is -0.480 e. The number of carbonyl (C=O) groups is 11. The number of H-pyrrole nitrogens is 1. The van der Waals surface area contributed by atoms with Gasteiger partial charge in [-0.1, -0.05) is 100 Å². The van der Waals surface area contributed by atoms with Crippen molar-refractivity contribution in [3.8, 4) is 0 Å². The van der Waals surface area contributed by atoms with Crippen LogP contribution < -0.4 is 48.3 Å². The van der Waals surface area contributed by atoms with E-state index < -0.39 is 157 Å². The molecule has 1 aromatic heterocycles. The highest BCUT2D eigenvalue weighted by Gasteiger charge is 2.38. The van der Waals surface area contributed by atoms with Crippen molar-refractivity contribution < 1.29 is 83.4 Å². The van der Waals surface area contributed by atoms with Gasteiger partial charge in [-0.05, 0) is 75.3 Å². The number of carboxylic acids is 3. The Hall–Kier alpha value is -8.25. The third-order valence-electron chi connectivity index (χ3n) is 16.5. The Balaban J connectivity index is 1.40. The molecule has 31 nitrogen and oxygen atoms in total. The summed E-state index contributed by atoms with van der Waals surface area (Å²) in [6.45, 7) is 1.08. The standard InChI is InChI=1S/C65H92N14O17S2/c1-40(81)51(38-80)72-64(96)65-75-63(95)57(41(2)82)74-59(91)47(19-11-12-22-66)69-61(93)50(32-44-33-67-46-18-10-9-17-45(44)46)71-58(90)48(21-20-42-13-5-3-6-14-42)70-62(94)52(39-97-98-65)73-60(92)49(31-43-15-7-4-8-16-43)68-53(83)34-76-23-25-77(35-54(84)85)27-29-79(37-56(88)89)30-28-78(26-24-76)36-55(86)87/h3-10,13-18,33,40-41,47-52,57,65,67,80-82H,11-12,19-32,34-39,66H2,1-2H3,(H,68,83)(H,69,93)(H,70,94)(H,71,90)(H,72,96)(H,73,92)(H,74,91)(H,75,95)(H,84,85)(H,86,87)(H,88,89)/t40-,41-,47+,48+,49-,50-,51-,52+,57+,65+/m1/s1. The van der Waals surface area contributed by atoms with E-state index in [1.54, 1.807) is 86.5 Å². The number of carbonyl (C=O) groups excluding carboxylic acids is 8. The molecule has 3 heterocycles. The number of rotatable bonds is 27. The molecule has 0 spiro atoms. The van der Waals surface area contributed by atoms with E-state index in [0.717, 1.165) is 16.4 Å². The third-order valence-corrected chi connectivity index (χ3v) is 19.1. The van der Waals surface area contributed by atoms with E-state index in [0.29, 0.717) is 45.7 Å². The maximum absolute atomic E-state index is 15.3. The second kappa shape index (κ2) is 40.6. The molecule has 0 aliphatic carbocycles. The number of aliphatic hydroxyl groups is 3. The molecule has 98 heavy (non-hydrogen) atoms. The number of aliphatic carboxylic acids is 3. The number of aliphatic hydroxyl groups excluding tert-OH is 3. The number of aryl methyl sites for hydroxylation is 1. The number of nitrogens with zero attached hydrogens (tertiary/aromatic N) is 4. The smallest absolute Gasteiger partial charge is 0.317 e. The van der Waals surface area contributed by atoms with Gasteiger partial charge < -0.3 is 83.9 Å². The number of para-hydroxylation sites is 1. The zero-order valence-corrected chi connectivity index (χ0v) is 56.5. The Labute approximate surface area is 575 Å². The molecule has 2 aliphatic heterocycles. The first kappa shape index (κ1) is 78.7. The highest BCUT2D eigenvalue weighted by molar-refractivity contribution is 8.77. The van der Waals surface area contributed by atoms with E-state index in [2.05, 4.69) is 47.5 Å². The lowest BCUT2D eigenvalue weighted by molar-refractivity contribution is -0.140. The largest absolute Gasteiger partial charge is 0.480 e. The number of aromatic nitrogens is 1. The van der Waals surface area contributed by atoms with Crippen LogP contribution in [0.1, 0.15) is 56.2 Å². The molecule has 0 radical (unpaired) electrons. The molecule has 2 fully saturated rings. The fraction of sp³-hybridized carbons (Fsp3) is 0.523. The SMILES string of the molecule is C[C@@H](O)[C@@H]1NC(=O)[C@H](CCCCN)NC(=O)[C@@H](Cc2c[nH]c3ccccc23)NC(=O)[C@H](CCc2ccccc2)NC(=O)[C@@H](NC(=O)[C@@H](Cc2ccccc2)NC(=O)CN2CCN(CC(=O)O)CCN(CC(=O)O)CCN(CC(=O)O)CC2)CSS[C@@H](C(=O)N[C@H](CO)[C@@H](C)O)NC1=O. The number of amides is 8. The van der Waals surface area contributed by atoms with E-state index in [4.69, 9.17) is 5.73 Å². The molecule has 6 rings (SSSR count). The van der Waals surface area contributed by atoms with Gasteiger partial charge in [-0.25, -0.2) is 0 Å². The van der Waals surface area contributed by atoms with Gasteiger partial charge in [0, 0.05) is 88.1 Å². The lowest BCUT2D eigenvalue weighted by Gasteiger charge is -2.33. The molecule has 2 saturated heterocycles. The van der Waals surface area contributed by atoms with Crippen molar-refractivity contribution in [1.82, 2.24) is 67.1 Å². The van der Waals surface area contributed by atoms with Crippen LogP contribution in [0.3, 0.4) is 0 Å². The summed E-state index contributed by atoms with van der Waals surface area (Å²) >= 11 is 0. The van der Waals surface area contributed by atoms with E-state index in [1.165, 1.54) is 13.8 Å². The Bertz CT molecular complexity index is 3270. The first-order valence-corrected chi connectivity index (χ1v) is 34.8. The zero-order chi connectivity index (χ0) is 71.3. The van der Waals surface area contributed by atoms with E-state index >= 15 is 14.4 Å². The van der Waals surface area contributed by atoms with Crippen LogP contribution in [0, 0.1) is 0 Å². The average Bonchev–Trinajstić information content (AvgIpc) is 1.62. The molecule has 0 unspecified atom stereocenters. The number of aromatic amines is 1. The first-order chi connectivity index (χ1) is 46.9. The molecule has 536 valence electrons. The third kappa shape index (κ3) is 26.5. The number of carboxylic acid groups (broad SMARTS) is 3. The molecule has 0 saturated carbocycles. The van der Waals surface area contributed by atoms with Crippen molar-refractivity contribution in [2.24, 2.45) is 5.73 Å². The van der Waals surface area contributed by atoms with Gasteiger partial charge in [-0.15, -0.1) is 0 Å². The number of unbranched alkanes of at least 4 members (excludes halogenated alkanes) is 1. The van der Waals surface area contributed by atoms with E-state index in [1.807, 2.05) is 24.3 Å². The number of nitrogens with two attached hydrogens (primary N) is 1. The summed E-state index contributed by atoms with van der Waals surface area (Å²) in [4.78, 5) is 164. The summed E-state index contributed by atoms with van der Waals surface area (Å²) in [5.74, 6) is -11.2. The van der Waals surface area contributed by atoms with Crippen molar-refractivity contribution in [2.45, 2.75) is 119 Å². The molecular formula is C65H92N14O17S2. The fourth-order valence-corrected chi connectivity index (χ4v) is 13.4. The van der Waals surface area contributed by atoms with Crippen molar-refractivity contribution in [3.05, 3.63) is 108 Å². The average molecular weight is 1410 g/mol. The number of hydrogen-bond donors (Lipinski definition) is 16. The van der Waals surface area contributed by atoms with Crippen LogP contribution in [0.25, 0.3) is 10.9 Å². The number of nitrogens with one attached hydrogen (secondary N) is 9. The lowest BCUT2D eigenvalue weighted by atomic mass is 10.0.